The lowest BCUT2D eigenvalue weighted by Gasteiger charge is -2.17. The number of carbonyl (C=O) groups is 3. The van der Waals surface area contributed by atoms with Crippen molar-refractivity contribution in [2.45, 2.75) is 19.4 Å². The van der Waals surface area contributed by atoms with Crippen molar-refractivity contribution in [3.8, 4) is 0 Å². The van der Waals surface area contributed by atoms with E-state index in [1.54, 1.807) is 12.1 Å². The van der Waals surface area contributed by atoms with Crippen LogP contribution < -0.4 is 15.5 Å². The number of benzene rings is 1. The number of nitro benzene ring substituents is 1. The number of nitro groups is 1. The van der Waals surface area contributed by atoms with Gasteiger partial charge in [0.2, 0.25) is 0 Å². The van der Waals surface area contributed by atoms with Gasteiger partial charge in [-0.1, -0.05) is 0 Å². The highest BCUT2D eigenvalue weighted by Crippen LogP contribution is 2.31. The van der Waals surface area contributed by atoms with E-state index in [9.17, 15) is 24.5 Å². The fraction of sp³-hybridized carbons (Fsp3) is 0.316. The smallest absolute Gasteiger partial charge is 0.338 e. The number of imide groups is 1. The number of nitrogens with one attached hydrogen (secondary N) is 2. The van der Waals surface area contributed by atoms with Gasteiger partial charge in [-0.15, -0.1) is 0 Å². The van der Waals surface area contributed by atoms with Crippen LogP contribution in [-0.4, -0.2) is 42.5 Å². The van der Waals surface area contributed by atoms with Gasteiger partial charge < -0.3 is 19.4 Å². The molecule has 2 heterocycles. The summed E-state index contributed by atoms with van der Waals surface area (Å²) in [4.78, 5) is 48.3. The first kappa shape index (κ1) is 20.8. The van der Waals surface area contributed by atoms with Crippen LogP contribution in [0.2, 0.25) is 0 Å². The Labute approximate surface area is 171 Å². The molecule has 1 aromatic carbocycles. The summed E-state index contributed by atoms with van der Waals surface area (Å²) in [5, 5.41) is 15.8. The van der Waals surface area contributed by atoms with Crippen LogP contribution >= 0.6 is 0 Å². The Kier molecular flexibility index (Phi) is 6.63. The van der Waals surface area contributed by atoms with Crippen LogP contribution in [0.15, 0.2) is 41.0 Å². The molecule has 2 aromatic rings. The Bertz CT molecular complexity index is 936. The molecule has 3 amide bonds. The average molecular weight is 416 g/mol. The first-order valence-corrected chi connectivity index (χ1v) is 9.24. The van der Waals surface area contributed by atoms with E-state index in [1.807, 2.05) is 10.2 Å². The molecule has 3 rings (SSSR count). The molecule has 158 valence electrons. The van der Waals surface area contributed by atoms with E-state index in [4.69, 9.17) is 9.15 Å². The summed E-state index contributed by atoms with van der Waals surface area (Å²) in [6.07, 6.45) is 3.35. The van der Waals surface area contributed by atoms with E-state index in [2.05, 4.69) is 5.32 Å². The molecule has 1 aliphatic rings. The Hall–Kier alpha value is -3.89. The Balaban J connectivity index is 1.52. The van der Waals surface area contributed by atoms with Gasteiger partial charge in [0, 0.05) is 19.2 Å². The maximum atomic E-state index is 12.2. The van der Waals surface area contributed by atoms with Crippen LogP contribution in [0.3, 0.4) is 0 Å². The second-order valence-corrected chi connectivity index (χ2v) is 6.54. The number of hydrogen-bond acceptors (Lipinski definition) is 8. The Morgan fingerprint density at radius 3 is 2.63 bits per heavy atom. The van der Waals surface area contributed by atoms with Crippen LogP contribution in [-0.2, 0) is 16.1 Å². The standard InChI is InChI=1S/C19H20N4O7/c24-17(21-19(26)20-11-14-4-3-9-29-14)12-30-18(25)13-5-6-15(16(10-13)23(27)28)22-7-1-2-8-22/h3-6,9-10H,1-2,7-8,11-12H2,(H2,20,21,24,26). The third-order valence-electron chi connectivity index (χ3n) is 4.45. The maximum Gasteiger partial charge on any atom is 0.338 e. The molecule has 0 spiro atoms. The molecule has 0 unspecified atom stereocenters. The molecule has 0 saturated carbocycles. The number of rotatable bonds is 7. The summed E-state index contributed by atoms with van der Waals surface area (Å²) in [6.45, 7) is 0.799. The van der Waals surface area contributed by atoms with Crippen LogP contribution in [0.25, 0.3) is 0 Å². The minimum absolute atomic E-state index is 0.0558. The monoisotopic (exact) mass is 416 g/mol. The number of esters is 1. The SMILES string of the molecule is O=C(COC(=O)c1ccc(N2CCCC2)c([N+](=O)[O-])c1)NC(=O)NCc1ccco1. The minimum atomic E-state index is -0.905. The highest BCUT2D eigenvalue weighted by molar-refractivity contribution is 5.97. The largest absolute Gasteiger partial charge is 0.467 e. The number of furan rings is 1. The normalized spacial score (nSPS) is 13.0. The van der Waals surface area contributed by atoms with Gasteiger partial charge in [-0.3, -0.25) is 20.2 Å². The molecule has 11 heteroatoms. The van der Waals surface area contributed by atoms with Crippen molar-refractivity contribution in [3.05, 3.63) is 58.0 Å². The van der Waals surface area contributed by atoms with Gasteiger partial charge in [0.25, 0.3) is 11.6 Å². The fourth-order valence-electron chi connectivity index (χ4n) is 3.02. The van der Waals surface area contributed by atoms with E-state index in [-0.39, 0.29) is 17.8 Å². The number of anilines is 1. The number of hydrogen-bond donors (Lipinski definition) is 2. The lowest BCUT2D eigenvalue weighted by molar-refractivity contribution is -0.384. The molecule has 11 nitrogen and oxygen atoms in total. The van der Waals surface area contributed by atoms with Gasteiger partial charge in [-0.2, -0.15) is 0 Å². The average Bonchev–Trinajstić information content (AvgIpc) is 3.44. The molecule has 0 aliphatic carbocycles. The van der Waals surface area contributed by atoms with Gasteiger partial charge in [-0.25, -0.2) is 9.59 Å². The molecule has 0 bridgehead atoms. The van der Waals surface area contributed by atoms with Crippen molar-refractivity contribution in [2.24, 2.45) is 0 Å². The predicted octanol–water partition coefficient (Wildman–Crippen LogP) is 1.97. The highest BCUT2D eigenvalue weighted by atomic mass is 16.6. The number of carbonyl (C=O) groups excluding carboxylic acids is 3. The second-order valence-electron chi connectivity index (χ2n) is 6.54. The number of amides is 3. The Morgan fingerprint density at radius 2 is 1.97 bits per heavy atom. The maximum absolute atomic E-state index is 12.2. The molecule has 0 radical (unpaired) electrons. The van der Waals surface area contributed by atoms with Crippen molar-refractivity contribution < 1.29 is 28.5 Å². The number of urea groups is 1. The summed E-state index contributed by atoms with van der Waals surface area (Å²) < 4.78 is 9.89. The zero-order valence-corrected chi connectivity index (χ0v) is 16.0. The van der Waals surface area contributed by atoms with Crippen molar-refractivity contribution in [1.29, 1.82) is 0 Å². The van der Waals surface area contributed by atoms with Crippen LogP contribution in [0.4, 0.5) is 16.2 Å². The summed E-state index contributed by atoms with van der Waals surface area (Å²) in [5.74, 6) is -1.25. The van der Waals surface area contributed by atoms with Crippen molar-refractivity contribution in [1.82, 2.24) is 10.6 Å². The summed E-state index contributed by atoms with van der Waals surface area (Å²) >= 11 is 0. The molecule has 0 atom stereocenters. The molecule has 1 aliphatic heterocycles. The van der Waals surface area contributed by atoms with Gasteiger partial charge in [0.1, 0.15) is 11.4 Å². The second kappa shape index (κ2) is 9.54. The van der Waals surface area contributed by atoms with Crippen LogP contribution in [0.1, 0.15) is 29.0 Å². The van der Waals surface area contributed by atoms with Gasteiger partial charge >= 0.3 is 12.0 Å². The summed E-state index contributed by atoms with van der Waals surface area (Å²) in [7, 11) is 0. The summed E-state index contributed by atoms with van der Waals surface area (Å²) in [6, 6.07) is 6.57. The summed E-state index contributed by atoms with van der Waals surface area (Å²) in [5.41, 5.74) is 0.188. The van der Waals surface area contributed by atoms with E-state index < -0.39 is 29.4 Å². The van der Waals surface area contributed by atoms with Crippen LogP contribution in [0, 0.1) is 10.1 Å². The highest BCUT2D eigenvalue weighted by Gasteiger charge is 2.24. The first-order chi connectivity index (χ1) is 14.4. The number of ether oxygens (including phenoxy) is 1. The molecule has 1 saturated heterocycles. The minimum Gasteiger partial charge on any atom is -0.467 e. The number of nitrogens with zero attached hydrogens (tertiary/aromatic N) is 2. The van der Waals surface area contributed by atoms with Crippen LogP contribution in [0.5, 0.6) is 0 Å². The fourth-order valence-corrected chi connectivity index (χ4v) is 3.02. The van der Waals surface area contributed by atoms with E-state index in [1.165, 1.54) is 18.4 Å². The Morgan fingerprint density at radius 1 is 1.20 bits per heavy atom. The molecular weight excluding hydrogens is 396 g/mol. The molecular formula is C19H20N4O7. The van der Waals surface area contributed by atoms with Crippen molar-refractivity contribution >= 4 is 29.3 Å². The zero-order valence-electron chi connectivity index (χ0n) is 16.0. The van der Waals surface area contributed by atoms with E-state index >= 15 is 0 Å². The predicted molar refractivity (Wildman–Crippen MR) is 104 cm³/mol. The third-order valence-corrected chi connectivity index (χ3v) is 4.45. The molecule has 1 aromatic heterocycles. The topological polar surface area (TPSA) is 144 Å². The van der Waals surface area contributed by atoms with Gasteiger partial charge in [0.15, 0.2) is 6.61 Å². The zero-order chi connectivity index (χ0) is 21.5. The first-order valence-electron chi connectivity index (χ1n) is 9.24. The lowest BCUT2D eigenvalue weighted by Crippen LogP contribution is -2.41. The van der Waals surface area contributed by atoms with Gasteiger partial charge in [0.05, 0.1) is 23.3 Å². The molecule has 1 fully saturated rings. The third kappa shape index (κ3) is 5.34. The lowest BCUT2D eigenvalue weighted by atomic mass is 10.1. The van der Waals surface area contributed by atoms with Crippen molar-refractivity contribution in [2.75, 3.05) is 24.6 Å². The van der Waals surface area contributed by atoms with Crippen molar-refractivity contribution in [3.63, 3.8) is 0 Å². The molecule has 30 heavy (non-hydrogen) atoms. The molecule has 2 N–H and O–H groups in total. The quantitative estimate of drug-likeness (QED) is 0.396. The van der Waals surface area contributed by atoms with E-state index in [0.717, 1.165) is 18.9 Å². The van der Waals surface area contributed by atoms with E-state index in [0.29, 0.717) is 24.5 Å². The van der Waals surface area contributed by atoms with Gasteiger partial charge in [-0.05, 0) is 37.1 Å².